The van der Waals surface area contributed by atoms with Gasteiger partial charge in [0.15, 0.2) is 5.60 Å². The Morgan fingerprint density at radius 3 is 1.56 bits per heavy atom. The Morgan fingerprint density at radius 1 is 0.583 bits per heavy atom. The first-order valence-electron chi connectivity index (χ1n) is 12.0. The first kappa shape index (κ1) is 25.2. The molecule has 0 saturated heterocycles. The van der Waals surface area contributed by atoms with Crippen molar-refractivity contribution in [2.75, 3.05) is 54.4 Å². The summed E-state index contributed by atoms with van der Waals surface area (Å²) in [6, 6.07) is 25.5. The third-order valence-electron chi connectivity index (χ3n) is 6.50. The Bertz CT molecular complexity index is 1240. The minimum atomic E-state index is -1.75. The molecule has 0 bridgehead atoms. The molecule has 0 fully saturated rings. The topological polar surface area (TPSA) is 55.4 Å². The minimum Gasteiger partial charge on any atom is -0.382 e. The predicted octanol–water partition coefficient (Wildman–Crippen LogP) is 6.43. The zero-order valence-corrected chi connectivity index (χ0v) is 21.8. The molecule has 188 valence electrons. The standard InChI is InChI=1S/C29H31O6P/c1-30-16-18-33-36(34-19-17-31-2)35-29(20-32-3)27-23-10-6-4-8-21(23)12-14-25(27)26-15-13-22-9-5-7-11-24(22)28(26)29/h4-15H,16-20H2,1-3H3. The van der Waals surface area contributed by atoms with Crippen LogP contribution in [0.4, 0.5) is 0 Å². The molecule has 1 aliphatic carbocycles. The predicted molar refractivity (Wildman–Crippen MR) is 143 cm³/mol. The van der Waals surface area contributed by atoms with E-state index in [1.54, 1.807) is 21.3 Å². The van der Waals surface area contributed by atoms with Crippen LogP contribution < -0.4 is 0 Å². The quantitative estimate of drug-likeness (QED) is 0.163. The van der Waals surface area contributed by atoms with Gasteiger partial charge in [-0.05, 0) is 32.7 Å². The molecule has 6 nitrogen and oxygen atoms in total. The summed E-state index contributed by atoms with van der Waals surface area (Å²) < 4.78 is 35.5. The molecular weight excluding hydrogens is 475 g/mol. The Balaban J connectivity index is 1.74. The third kappa shape index (κ3) is 4.55. The van der Waals surface area contributed by atoms with Gasteiger partial charge in [0.25, 0.3) is 0 Å². The molecule has 0 saturated carbocycles. The highest BCUT2D eigenvalue weighted by molar-refractivity contribution is 7.41. The second-order valence-corrected chi connectivity index (χ2v) is 9.79. The van der Waals surface area contributed by atoms with Crippen LogP contribution in [-0.4, -0.2) is 54.4 Å². The lowest BCUT2D eigenvalue weighted by Gasteiger charge is -2.35. The van der Waals surface area contributed by atoms with Crippen LogP contribution >= 0.6 is 8.60 Å². The Morgan fingerprint density at radius 2 is 1.08 bits per heavy atom. The summed E-state index contributed by atoms with van der Waals surface area (Å²) in [5, 5.41) is 4.52. The van der Waals surface area contributed by atoms with E-state index in [0.717, 1.165) is 43.8 Å². The highest BCUT2D eigenvalue weighted by Gasteiger charge is 2.49. The van der Waals surface area contributed by atoms with E-state index < -0.39 is 14.2 Å². The zero-order valence-electron chi connectivity index (χ0n) is 20.9. The van der Waals surface area contributed by atoms with Gasteiger partial charge in [-0.3, -0.25) is 4.52 Å². The lowest BCUT2D eigenvalue weighted by Crippen LogP contribution is -2.34. The Labute approximate surface area is 213 Å². The van der Waals surface area contributed by atoms with Gasteiger partial charge in [0.05, 0.1) is 33.0 Å². The van der Waals surface area contributed by atoms with Gasteiger partial charge in [-0.2, -0.15) is 0 Å². The maximum absolute atomic E-state index is 6.99. The first-order valence-corrected chi connectivity index (χ1v) is 13.1. The van der Waals surface area contributed by atoms with Crippen molar-refractivity contribution in [2.45, 2.75) is 5.60 Å². The van der Waals surface area contributed by atoms with Crippen molar-refractivity contribution < 1.29 is 27.8 Å². The van der Waals surface area contributed by atoms with Gasteiger partial charge in [-0.25, -0.2) is 0 Å². The van der Waals surface area contributed by atoms with E-state index >= 15 is 0 Å². The van der Waals surface area contributed by atoms with Crippen LogP contribution in [0, 0.1) is 0 Å². The molecule has 1 aliphatic rings. The molecular formula is C29H31O6P. The van der Waals surface area contributed by atoms with Crippen LogP contribution in [0.15, 0.2) is 72.8 Å². The normalized spacial score (nSPS) is 14.0. The van der Waals surface area contributed by atoms with Crippen LogP contribution in [0.5, 0.6) is 0 Å². The number of rotatable bonds is 12. The van der Waals surface area contributed by atoms with Crippen LogP contribution in [0.3, 0.4) is 0 Å². The van der Waals surface area contributed by atoms with E-state index in [4.69, 9.17) is 27.8 Å². The summed E-state index contributed by atoms with van der Waals surface area (Å²) in [5.41, 5.74) is 3.48. The largest absolute Gasteiger partial charge is 0.382 e. The van der Waals surface area contributed by atoms with Crippen molar-refractivity contribution in [1.82, 2.24) is 0 Å². The highest BCUT2D eigenvalue weighted by Crippen LogP contribution is 2.60. The van der Waals surface area contributed by atoms with Crippen LogP contribution in [0.2, 0.25) is 0 Å². The number of ether oxygens (including phenoxy) is 3. The summed E-state index contributed by atoms with van der Waals surface area (Å²) in [4.78, 5) is 0. The summed E-state index contributed by atoms with van der Waals surface area (Å²) in [6.07, 6.45) is 0. The number of hydrogen-bond acceptors (Lipinski definition) is 6. The van der Waals surface area contributed by atoms with Crippen LogP contribution in [0.1, 0.15) is 11.1 Å². The summed E-state index contributed by atoms with van der Waals surface area (Å²) in [6.45, 7) is 1.87. The number of benzene rings is 4. The van der Waals surface area contributed by atoms with E-state index in [1.165, 1.54) is 0 Å². The Kier molecular flexibility index (Phi) is 7.94. The van der Waals surface area contributed by atoms with Crippen molar-refractivity contribution in [1.29, 1.82) is 0 Å². The van der Waals surface area contributed by atoms with Crippen molar-refractivity contribution >= 4 is 30.1 Å². The van der Waals surface area contributed by atoms with Gasteiger partial charge in [-0.15, -0.1) is 0 Å². The molecule has 0 aromatic heterocycles. The SMILES string of the molecule is COCCOP(OCCOC)OC1(COC)c2c(ccc3ccccc23)-c2ccc3ccccc3c21. The van der Waals surface area contributed by atoms with Crippen molar-refractivity contribution in [3.63, 3.8) is 0 Å². The molecule has 0 spiro atoms. The molecule has 0 N–H and O–H groups in total. The average molecular weight is 507 g/mol. The van der Waals surface area contributed by atoms with Gasteiger partial charge in [0, 0.05) is 32.5 Å². The van der Waals surface area contributed by atoms with Crippen molar-refractivity contribution in [2.24, 2.45) is 0 Å². The molecule has 0 atom stereocenters. The first-order chi connectivity index (χ1) is 17.7. The second kappa shape index (κ2) is 11.3. The molecule has 5 rings (SSSR count). The van der Waals surface area contributed by atoms with Gasteiger partial charge in [-0.1, -0.05) is 72.8 Å². The maximum Gasteiger partial charge on any atom is 0.334 e. The van der Waals surface area contributed by atoms with Gasteiger partial charge >= 0.3 is 8.60 Å². The summed E-state index contributed by atoms with van der Waals surface area (Å²) in [5.74, 6) is 0. The molecule has 0 radical (unpaired) electrons. The van der Waals surface area contributed by atoms with Gasteiger partial charge in [0.2, 0.25) is 0 Å². The Hall–Kier alpha value is -2.41. The number of fused-ring (bicyclic) bond motifs is 7. The average Bonchev–Trinajstić information content (AvgIpc) is 3.19. The second-order valence-electron chi connectivity index (χ2n) is 8.65. The molecule has 7 heteroatoms. The molecule has 0 amide bonds. The van der Waals surface area contributed by atoms with E-state index in [9.17, 15) is 0 Å². The zero-order chi connectivity index (χ0) is 25.0. The van der Waals surface area contributed by atoms with Gasteiger partial charge in [0.1, 0.15) is 0 Å². The van der Waals surface area contributed by atoms with E-state index in [-0.39, 0.29) is 0 Å². The molecule has 0 heterocycles. The van der Waals surface area contributed by atoms with E-state index in [2.05, 4.69) is 72.8 Å². The van der Waals surface area contributed by atoms with Crippen LogP contribution in [0.25, 0.3) is 32.7 Å². The minimum absolute atomic E-state index is 0.301. The smallest absolute Gasteiger partial charge is 0.334 e. The fourth-order valence-corrected chi connectivity index (χ4v) is 6.18. The molecule has 4 aromatic carbocycles. The molecule has 0 aliphatic heterocycles. The fraction of sp³-hybridized carbons (Fsp3) is 0.310. The fourth-order valence-electron chi connectivity index (χ4n) is 5.06. The monoisotopic (exact) mass is 506 g/mol. The summed E-state index contributed by atoms with van der Waals surface area (Å²) in [7, 11) is 3.24. The van der Waals surface area contributed by atoms with Crippen molar-refractivity contribution in [3.8, 4) is 11.1 Å². The molecule has 36 heavy (non-hydrogen) atoms. The maximum atomic E-state index is 6.99. The highest BCUT2D eigenvalue weighted by atomic mass is 31.2. The lowest BCUT2D eigenvalue weighted by molar-refractivity contribution is -0.00383. The number of methoxy groups -OCH3 is 3. The molecule has 4 aromatic rings. The lowest BCUT2D eigenvalue weighted by atomic mass is 9.86. The molecule has 0 unspecified atom stereocenters. The number of hydrogen-bond donors (Lipinski definition) is 0. The summed E-state index contributed by atoms with van der Waals surface area (Å²) >= 11 is 0. The van der Waals surface area contributed by atoms with E-state index in [0.29, 0.717) is 33.0 Å². The van der Waals surface area contributed by atoms with E-state index in [1.807, 2.05) is 0 Å². The van der Waals surface area contributed by atoms with Crippen LogP contribution in [-0.2, 0) is 33.4 Å². The van der Waals surface area contributed by atoms with Crippen molar-refractivity contribution in [3.05, 3.63) is 83.9 Å². The third-order valence-corrected chi connectivity index (χ3v) is 7.75. The van der Waals surface area contributed by atoms with Gasteiger partial charge < -0.3 is 23.3 Å².